The molecule has 1 aliphatic heterocycles. The summed E-state index contributed by atoms with van der Waals surface area (Å²) >= 11 is 0. The Balaban J connectivity index is 1.32. The highest BCUT2D eigenvalue weighted by molar-refractivity contribution is 5.59. The Morgan fingerprint density at radius 2 is 1.58 bits per heavy atom. The number of aliphatic hydroxyl groups excluding tert-OH is 1. The normalized spacial score (nSPS) is 20.0. The fourth-order valence-corrected chi connectivity index (χ4v) is 4.46. The number of nitrogens with two attached hydrogens (primary N) is 1. The first kappa shape index (κ1) is 32.9. The fraction of sp³-hybridized carbons (Fsp3) is 0.393. The van der Waals surface area contributed by atoms with E-state index < -0.39 is 59.1 Å². The molecule has 1 saturated heterocycles. The van der Waals surface area contributed by atoms with Crippen LogP contribution < -0.4 is 11.4 Å². The third-order valence-corrected chi connectivity index (χ3v) is 6.80. The molecule has 3 N–H and O–H groups in total. The quantitative estimate of drug-likeness (QED) is 0.113. The highest BCUT2D eigenvalue weighted by Gasteiger charge is 2.47. The average molecular weight is 630 g/mol. The molecule has 45 heavy (non-hydrogen) atoms. The molecule has 1 aliphatic rings. The minimum atomic E-state index is -1.38. The lowest BCUT2D eigenvalue weighted by Gasteiger charge is -2.25. The number of hydrogen-bond acceptors (Lipinski definition) is 14. The molecule has 0 saturated carbocycles. The van der Waals surface area contributed by atoms with Gasteiger partial charge in [-0.25, -0.2) is 9.59 Å². The van der Waals surface area contributed by atoms with Gasteiger partial charge in [-0.2, -0.15) is 4.98 Å². The lowest BCUT2D eigenvalue weighted by atomic mass is 10.1. The van der Waals surface area contributed by atoms with Crippen LogP contribution in [-0.4, -0.2) is 75.1 Å². The molecule has 17 heteroatoms. The van der Waals surface area contributed by atoms with Gasteiger partial charge in [-0.1, -0.05) is 24.3 Å². The van der Waals surface area contributed by atoms with Crippen LogP contribution in [0.3, 0.4) is 0 Å². The summed E-state index contributed by atoms with van der Waals surface area (Å²) in [6.07, 6.45) is -4.76. The summed E-state index contributed by atoms with van der Waals surface area (Å²) in [6.45, 7) is 1.24. The second-order valence-corrected chi connectivity index (χ2v) is 9.89. The van der Waals surface area contributed by atoms with E-state index in [2.05, 4.69) is 4.98 Å². The van der Waals surface area contributed by atoms with Gasteiger partial charge in [0.1, 0.15) is 30.7 Å². The molecule has 0 bridgehead atoms. The number of rotatable bonds is 14. The first-order chi connectivity index (χ1) is 21.5. The Hall–Kier alpha value is -4.97. The van der Waals surface area contributed by atoms with E-state index in [1.807, 2.05) is 0 Å². The molecule has 5 atom stereocenters. The molecule has 1 unspecified atom stereocenters. The van der Waals surface area contributed by atoms with Crippen molar-refractivity contribution in [2.75, 3.05) is 25.6 Å². The maximum atomic E-state index is 12.6. The molecular formula is C28H31N5O12. The SMILES string of the molecule is CC(OCCc1ccc([N+](=O)[O-])cc1)O[C@@H]1[C@H](O)[C@@H](COC(=O)OCCc2ccc([N+](=O)[O-])cc2)O[C@H]1n1ccc(N)nc1=O. The van der Waals surface area contributed by atoms with Gasteiger partial charge in [0.15, 0.2) is 12.5 Å². The molecule has 240 valence electrons. The largest absolute Gasteiger partial charge is 0.508 e. The number of aromatic nitrogens is 2. The van der Waals surface area contributed by atoms with Crippen molar-refractivity contribution >= 4 is 23.3 Å². The maximum Gasteiger partial charge on any atom is 0.508 e. The predicted molar refractivity (Wildman–Crippen MR) is 154 cm³/mol. The molecule has 3 aromatic rings. The summed E-state index contributed by atoms with van der Waals surface area (Å²) in [5.74, 6) is -0.0217. The van der Waals surface area contributed by atoms with E-state index in [1.54, 1.807) is 31.2 Å². The summed E-state index contributed by atoms with van der Waals surface area (Å²) < 4.78 is 28.8. The number of anilines is 1. The van der Waals surface area contributed by atoms with E-state index in [0.29, 0.717) is 12.0 Å². The van der Waals surface area contributed by atoms with Gasteiger partial charge in [-0.3, -0.25) is 24.8 Å². The summed E-state index contributed by atoms with van der Waals surface area (Å²) in [4.78, 5) is 49.1. The zero-order valence-corrected chi connectivity index (χ0v) is 24.0. The highest BCUT2D eigenvalue weighted by Crippen LogP contribution is 2.32. The number of non-ortho nitro benzene ring substituents is 2. The van der Waals surface area contributed by atoms with Crippen molar-refractivity contribution in [1.82, 2.24) is 9.55 Å². The number of hydrogen-bond donors (Lipinski definition) is 2. The van der Waals surface area contributed by atoms with Crippen LogP contribution in [0.4, 0.5) is 22.0 Å². The Labute approximate surface area is 255 Å². The van der Waals surface area contributed by atoms with Crippen molar-refractivity contribution < 1.29 is 43.4 Å². The summed E-state index contributed by atoms with van der Waals surface area (Å²) in [5.41, 5.74) is 6.25. The van der Waals surface area contributed by atoms with E-state index >= 15 is 0 Å². The van der Waals surface area contributed by atoms with Crippen LogP contribution in [0.25, 0.3) is 0 Å². The number of ether oxygens (including phenoxy) is 5. The molecule has 2 aromatic carbocycles. The molecule has 0 spiro atoms. The lowest BCUT2D eigenvalue weighted by Crippen LogP contribution is -2.40. The fourth-order valence-electron chi connectivity index (χ4n) is 4.46. The standard InChI is InChI=1S/C28H31N5O12/c1-17(41-14-11-18-2-6-20(7-3-18)32(37)38)44-25-24(34)22(45-26(25)31-13-10-23(29)30-27(31)35)16-43-28(36)42-15-12-19-4-8-21(9-5-19)33(39)40/h2-10,13,17,22,24-26,34H,11-12,14-16H2,1H3,(H2,29,30,35)/t17?,22-,24-,25-,26-/m1/s1. The van der Waals surface area contributed by atoms with Gasteiger partial charge in [-0.15, -0.1) is 0 Å². The van der Waals surface area contributed by atoms with Gasteiger partial charge in [0.2, 0.25) is 0 Å². The predicted octanol–water partition coefficient (Wildman–Crippen LogP) is 2.29. The topological polar surface area (TPSA) is 231 Å². The van der Waals surface area contributed by atoms with Crippen LogP contribution in [0.2, 0.25) is 0 Å². The molecule has 17 nitrogen and oxygen atoms in total. The second kappa shape index (κ2) is 15.2. The molecule has 2 heterocycles. The molecule has 0 amide bonds. The number of benzene rings is 2. The molecule has 0 aliphatic carbocycles. The Morgan fingerprint density at radius 3 is 2.13 bits per heavy atom. The number of nitro benzene ring substituents is 2. The maximum absolute atomic E-state index is 12.6. The average Bonchev–Trinajstić information content (AvgIpc) is 3.30. The van der Waals surface area contributed by atoms with Crippen molar-refractivity contribution in [3.63, 3.8) is 0 Å². The van der Waals surface area contributed by atoms with E-state index in [4.69, 9.17) is 29.4 Å². The van der Waals surface area contributed by atoms with Gasteiger partial charge in [-0.05, 0) is 30.5 Å². The zero-order valence-electron chi connectivity index (χ0n) is 24.0. The van der Waals surface area contributed by atoms with Crippen LogP contribution in [0, 0.1) is 20.2 Å². The van der Waals surface area contributed by atoms with Gasteiger partial charge in [0, 0.05) is 36.9 Å². The monoisotopic (exact) mass is 629 g/mol. The van der Waals surface area contributed by atoms with Gasteiger partial charge in [0.05, 0.1) is 23.1 Å². The number of nitrogen functional groups attached to an aromatic ring is 1. The second-order valence-electron chi connectivity index (χ2n) is 9.89. The number of aliphatic hydroxyl groups is 1. The van der Waals surface area contributed by atoms with E-state index in [0.717, 1.165) is 10.1 Å². The number of nitro groups is 2. The van der Waals surface area contributed by atoms with Crippen LogP contribution in [0.15, 0.2) is 65.6 Å². The van der Waals surface area contributed by atoms with Crippen LogP contribution in [0.5, 0.6) is 0 Å². The smallest absolute Gasteiger partial charge is 0.434 e. The van der Waals surface area contributed by atoms with Crippen molar-refractivity contribution in [3.05, 3.63) is 103 Å². The zero-order chi connectivity index (χ0) is 32.5. The Kier molecular flexibility index (Phi) is 11.1. The minimum absolute atomic E-state index is 0.0217. The van der Waals surface area contributed by atoms with Crippen LogP contribution in [0.1, 0.15) is 24.3 Å². The van der Waals surface area contributed by atoms with Crippen LogP contribution in [-0.2, 0) is 36.5 Å². The summed E-state index contributed by atoms with van der Waals surface area (Å²) in [6, 6.07) is 13.1. The summed E-state index contributed by atoms with van der Waals surface area (Å²) in [7, 11) is 0. The van der Waals surface area contributed by atoms with Crippen molar-refractivity contribution in [2.45, 2.75) is 50.6 Å². The van der Waals surface area contributed by atoms with E-state index in [9.17, 15) is 34.9 Å². The molecule has 1 fully saturated rings. The van der Waals surface area contributed by atoms with Crippen molar-refractivity contribution in [2.24, 2.45) is 0 Å². The third kappa shape index (κ3) is 9.02. The van der Waals surface area contributed by atoms with E-state index in [-0.39, 0.29) is 36.8 Å². The molecule has 4 rings (SSSR count). The number of carbonyl (C=O) groups is 1. The number of carbonyl (C=O) groups excluding carboxylic acids is 1. The lowest BCUT2D eigenvalue weighted by molar-refractivity contribution is -0.385. The number of nitrogens with zero attached hydrogens (tertiary/aromatic N) is 4. The third-order valence-electron chi connectivity index (χ3n) is 6.80. The molecular weight excluding hydrogens is 598 g/mol. The minimum Gasteiger partial charge on any atom is -0.434 e. The molecule has 1 aromatic heterocycles. The van der Waals surface area contributed by atoms with Crippen LogP contribution >= 0.6 is 0 Å². The first-order valence-electron chi connectivity index (χ1n) is 13.7. The van der Waals surface area contributed by atoms with Gasteiger partial charge in [0.25, 0.3) is 11.4 Å². The Morgan fingerprint density at radius 1 is 1.00 bits per heavy atom. The van der Waals surface area contributed by atoms with Gasteiger partial charge < -0.3 is 34.5 Å². The first-order valence-corrected chi connectivity index (χ1v) is 13.7. The Bertz CT molecular complexity index is 1530. The van der Waals surface area contributed by atoms with E-state index in [1.165, 1.54) is 36.5 Å². The van der Waals surface area contributed by atoms with Crippen molar-refractivity contribution in [1.29, 1.82) is 0 Å². The van der Waals surface area contributed by atoms with Gasteiger partial charge >= 0.3 is 11.8 Å². The summed E-state index contributed by atoms with van der Waals surface area (Å²) in [5, 5.41) is 32.7. The van der Waals surface area contributed by atoms with Crippen molar-refractivity contribution in [3.8, 4) is 0 Å². The molecule has 0 radical (unpaired) electrons. The highest BCUT2D eigenvalue weighted by atomic mass is 16.7.